The van der Waals surface area contributed by atoms with Crippen molar-refractivity contribution in [3.63, 3.8) is 0 Å². The van der Waals surface area contributed by atoms with Gasteiger partial charge in [-0.3, -0.25) is 0 Å². The van der Waals surface area contributed by atoms with E-state index in [0.717, 1.165) is 12.8 Å². The second-order valence-electron chi connectivity index (χ2n) is 4.18. The van der Waals surface area contributed by atoms with Crippen molar-refractivity contribution in [3.05, 3.63) is 29.6 Å². The Bertz CT molecular complexity index is 438. The quantitative estimate of drug-likeness (QED) is 0.303. The van der Waals surface area contributed by atoms with Gasteiger partial charge in [0.15, 0.2) is 5.84 Å². The maximum absolute atomic E-state index is 13.8. The summed E-state index contributed by atoms with van der Waals surface area (Å²) in [4.78, 5) is 1.83. The molecule has 0 amide bonds. The molecule has 6 heteroatoms. The van der Waals surface area contributed by atoms with Crippen molar-refractivity contribution >= 4 is 11.5 Å². The summed E-state index contributed by atoms with van der Waals surface area (Å²) >= 11 is 0. The molecule has 0 atom stereocenters. The number of amidine groups is 1. The van der Waals surface area contributed by atoms with Crippen LogP contribution in [0.1, 0.15) is 25.3 Å². The van der Waals surface area contributed by atoms with Gasteiger partial charge in [-0.1, -0.05) is 24.6 Å². The number of hydrogen-bond acceptors (Lipinski definition) is 4. The first kappa shape index (κ1) is 15.2. The van der Waals surface area contributed by atoms with Crippen LogP contribution < -0.4 is 10.6 Å². The van der Waals surface area contributed by atoms with Crippen molar-refractivity contribution < 1.29 is 14.7 Å². The van der Waals surface area contributed by atoms with Crippen LogP contribution in [0.15, 0.2) is 23.4 Å². The van der Waals surface area contributed by atoms with Gasteiger partial charge < -0.3 is 20.9 Å². The normalized spacial score (nSPS) is 11.6. The summed E-state index contributed by atoms with van der Waals surface area (Å²) in [6.45, 7) is 3.05. The van der Waals surface area contributed by atoms with Crippen LogP contribution in [-0.2, 0) is 0 Å². The molecule has 0 aliphatic rings. The standard InChI is InChI=1S/C13H20FN3O2/c1-2-3-7-17(8-9-18)11-6-4-5-10(14)12(11)13(15)16-19/h4-6,18-19H,2-3,7-9H2,1H3,(H2,15,16). The monoisotopic (exact) mass is 269 g/mol. The molecule has 19 heavy (non-hydrogen) atoms. The lowest BCUT2D eigenvalue weighted by Gasteiger charge is -2.26. The van der Waals surface area contributed by atoms with Crippen molar-refractivity contribution in [1.82, 2.24) is 0 Å². The number of halogens is 1. The summed E-state index contributed by atoms with van der Waals surface area (Å²) in [5, 5.41) is 20.7. The number of unbranched alkanes of at least 4 members (excludes halogenated alkanes) is 1. The maximum Gasteiger partial charge on any atom is 0.175 e. The van der Waals surface area contributed by atoms with E-state index in [4.69, 9.17) is 16.0 Å². The van der Waals surface area contributed by atoms with Gasteiger partial charge in [-0.05, 0) is 18.6 Å². The van der Waals surface area contributed by atoms with E-state index >= 15 is 0 Å². The van der Waals surface area contributed by atoms with Crippen LogP contribution in [-0.4, -0.2) is 35.8 Å². The predicted octanol–water partition coefficient (Wildman–Crippen LogP) is 1.52. The van der Waals surface area contributed by atoms with E-state index in [2.05, 4.69) is 5.16 Å². The Morgan fingerprint density at radius 3 is 2.74 bits per heavy atom. The molecule has 0 saturated heterocycles. The minimum atomic E-state index is -0.549. The Hall–Kier alpha value is -1.82. The molecule has 0 fully saturated rings. The second-order valence-corrected chi connectivity index (χ2v) is 4.18. The van der Waals surface area contributed by atoms with E-state index < -0.39 is 5.82 Å². The molecule has 1 aromatic carbocycles. The summed E-state index contributed by atoms with van der Waals surface area (Å²) in [5.41, 5.74) is 6.12. The third-order valence-corrected chi connectivity index (χ3v) is 2.85. The zero-order valence-electron chi connectivity index (χ0n) is 11.0. The van der Waals surface area contributed by atoms with Gasteiger partial charge in [0.1, 0.15) is 5.82 Å². The number of nitrogens with zero attached hydrogens (tertiary/aromatic N) is 2. The first-order valence-electron chi connectivity index (χ1n) is 6.27. The third-order valence-electron chi connectivity index (χ3n) is 2.85. The number of nitrogens with two attached hydrogens (primary N) is 1. The highest BCUT2D eigenvalue weighted by atomic mass is 19.1. The molecule has 106 valence electrons. The number of oxime groups is 1. The zero-order valence-corrected chi connectivity index (χ0v) is 11.0. The summed E-state index contributed by atoms with van der Waals surface area (Å²) in [6, 6.07) is 4.52. The molecule has 0 saturated carbocycles. The summed E-state index contributed by atoms with van der Waals surface area (Å²) in [6.07, 6.45) is 1.89. The van der Waals surface area contributed by atoms with Gasteiger partial charge in [0.05, 0.1) is 17.9 Å². The Morgan fingerprint density at radius 1 is 1.42 bits per heavy atom. The molecule has 0 aliphatic carbocycles. The lowest BCUT2D eigenvalue weighted by atomic mass is 10.1. The fraction of sp³-hybridized carbons (Fsp3) is 0.462. The molecule has 1 aromatic rings. The Kier molecular flexibility index (Phi) is 6.08. The van der Waals surface area contributed by atoms with E-state index in [9.17, 15) is 4.39 Å². The van der Waals surface area contributed by atoms with Crippen LogP contribution in [0.2, 0.25) is 0 Å². The molecule has 0 heterocycles. The van der Waals surface area contributed by atoms with Gasteiger partial charge in [-0.15, -0.1) is 0 Å². The predicted molar refractivity (Wildman–Crippen MR) is 73.1 cm³/mol. The average molecular weight is 269 g/mol. The van der Waals surface area contributed by atoms with Crippen LogP contribution in [0, 0.1) is 5.82 Å². The highest BCUT2D eigenvalue weighted by Gasteiger charge is 2.17. The lowest BCUT2D eigenvalue weighted by molar-refractivity contribution is 0.301. The van der Waals surface area contributed by atoms with Crippen molar-refractivity contribution in [1.29, 1.82) is 0 Å². The SMILES string of the molecule is CCCCN(CCO)c1cccc(F)c1C(N)=NO. The van der Waals surface area contributed by atoms with Crippen molar-refractivity contribution in [2.24, 2.45) is 10.9 Å². The minimum Gasteiger partial charge on any atom is -0.409 e. The largest absolute Gasteiger partial charge is 0.409 e. The molecule has 4 N–H and O–H groups in total. The van der Waals surface area contributed by atoms with Gasteiger partial charge in [-0.25, -0.2) is 4.39 Å². The molecular formula is C13H20FN3O2. The topological polar surface area (TPSA) is 82.1 Å². The average Bonchev–Trinajstić information content (AvgIpc) is 2.42. The van der Waals surface area contributed by atoms with Crippen LogP contribution in [0.25, 0.3) is 0 Å². The molecule has 1 rings (SSSR count). The molecule has 0 unspecified atom stereocenters. The van der Waals surface area contributed by atoms with Gasteiger partial charge in [-0.2, -0.15) is 0 Å². The molecule has 0 spiro atoms. The van der Waals surface area contributed by atoms with E-state index in [1.807, 2.05) is 11.8 Å². The number of aliphatic hydroxyl groups excluding tert-OH is 1. The summed E-state index contributed by atoms with van der Waals surface area (Å²) < 4.78 is 13.8. The third kappa shape index (κ3) is 3.82. The van der Waals surface area contributed by atoms with Gasteiger partial charge in [0, 0.05) is 13.1 Å². The molecular weight excluding hydrogens is 249 g/mol. The Morgan fingerprint density at radius 2 is 2.16 bits per heavy atom. The lowest BCUT2D eigenvalue weighted by Crippen LogP contribution is -2.31. The van der Waals surface area contributed by atoms with Crippen molar-refractivity contribution in [2.45, 2.75) is 19.8 Å². The Balaban J connectivity index is 3.17. The molecule has 0 bridgehead atoms. The van der Waals surface area contributed by atoms with Gasteiger partial charge >= 0.3 is 0 Å². The smallest absolute Gasteiger partial charge is 0.175 e. The number of benzene rings is 1. The summed E-state index contributed by atoms with van der Waals surface area (Å²) in [7, 11) is 0. The molecule has 0 aliphatic heterocycles. The molecule has 5 nitrogen and oxygen atoms in total. The van der Waals surface area contributed by atoms with E-state index in [-0.39, 0.29) is 18.0 Å². The number of hydrogen-bond donors (Lipinski definition) is 3. The highest BCUT2D eigenvalue weighted by Crippen LogP contribution is 2.23. The molecule has 0 aromatic heterocycles. The minimum absolute atomic E-state index is 0.0458. The van der Waals surface area contributed by atoms with Gasteiger partial charge in [0.25, 0.3) is 0 Å². The second kappa shape index (κ2) is 7.58. The fourth-order valence-corrected chi connectivity index (χ4v) is 1.90. The van der Waals surface area contributed by atoms with Crippen LogP contribution in [0.3, 0.4) is 0 Å². The maximum atomic E-state index is 13.8. The Labute approximate surface area is 112 Å². The van der Waals surface area contributed by atoms with Crippen LogP contribution in [0.4, 0.5) is 10.1 Å². The van der Waals surface area contributed by atoms with Crippen LogP contribution >= 0.6 is 0 Å². The van der Waals surface area contributed by atoms with E-state index in [1.54, 1.807) is 12.1 Å². The number of rotatable bonds is 7. The first-order chi connectivity index (χ1) is 9.15. The van der Waals surface area contributed by atoms with Crippen molar-refractivity contribution in [3.8, 4) is 0 Å². The number of aliphatic hydroxyl groups is 1. The number of anilines is 1. The van der Waals surface area contributed by atoms with Gasteiger partial charge in [0.2, 0.25) is 0 Å². The fourth-order valence-electron chi connectivity index (χ4n) is 1.90. The highest BCUT2D eigenvalue weighted by molar-refractivity contribution is 6.02. The summed E-state index contributed by atoms with van der Waals surface area (Å²) in [5.74, 6) is -0.820. The first-order valence-corrected chi connectivity index (χ1v) is 6.27. The zero-order chi connectivity index (χ0) is 14.3. The van der Waals surface area contributed by atoms with E-state index in [1.165, 1.54) is 6.07 Å². The van der Waals surface area contributed by atoms with E-state index in [0.29, 0.717) is 18.8 Å². The van der Waals surface area contributed by atoms with Crippen molar-refractivity contribution in [2.75, 3.05) is 24.6 Å². The molecule has 0 radical (unpaired) electrons. The van der Waals surface area contributed by atoms with Crippen LogP contribution in [0.5, 0.6) is 0 Å².